The van der Waals surface area contributed by atoms with E-state index < -0.39 is 0 Å². The molecular formula is C15H22BrNO2. The van der Waals surface area contributed by atoms with Gasteiger partial charge in [-0.1, -0.05) is 42.8 Å². The number of methoxy groups -OCH3 is 1. The molecule has 0 heterocycles. The lowest BCUT2D eigenvalue weighted by Crippen LogP contribution is -2.31. The van der Waals surface area contributed by atoms with Crippen molar-refractivity contribution in [2.75, 3.05) is 13.7 Å². The first-order valence-electron chi connectivity index (χ1n) is 6.38. The first-order chi connectivity index (χ1) is 8.81. The lowest BCUT2D eigenvalue weighted by Gasteiger charge is -2.22. The quantitative estimate of drug-likeness (QED) is 0.839. The minimum absolute atomic E-state index is 0.0720. The average Bonchev–Trinajstić information content (AvgIpc) is 2.34. The zero-order chi connectivity index (χ0) is 14.5. The van der Waals surface area contributed by atoms with E-state index in [2.05, 4.69) is 42.0 Å². The lowest BCUT2D eigenvalue weighted by atomic mass is 9.90. The summed E-state index contributed by atoms with van der Waals surface area (Å²) in [4.78, 5) is 12.3. The fourth-order valence-corrected chi connectivity index (χ4v) is 2.94. The molecule has 0 aliphatic carbocycles. The number of carbonyl (C=O) groups is 1. The molecule has 1 aromatic rings. The van der Waals surface area contributed by atoms with Crippen LogP contribution in [-0.2, 0) is 0 Å². The standard InChI is InChI=1S/C15H22BrNO2/c1-15(2,3)9-12(16)10-17-14(18)11-6-5-7-13(8-11)19-4/h5-8,12H,9-10H2,1-4H3,(H,17,18). The predicted molar refractivity (Wildman–Crippen MR) is 82.1 cm³/mol. The number of hydrogen-bond acceptors (Lipinski definition) is 2. The van der Waals surface area contributed by atoms with Gasteiger partial charge in [0.05, 0.1) is 7.11 Å². The molecule has 1 atom stereocenters. The van der Waals surface area contributed by atoms with Crippen molar-refractivity contribution in [1.29, 1.82) is 0 Å². The number of halogens is 1. The van der Waals surface area contributed by atoms with E-state index in [-0.39, 0.29) is 16.1 Å². The monoisotopic (exact) mass is 327 g/mol. The summed E-state index contributed by atoms with van der Waals surface area (Å²) in [6.45, 7) is 7.18. The van der Waals surface area contributed by atoms with Gasteiger partial charge in [-0.3, -0.25) is 4.79 Å². The van der Waals surface area contributed by atoms with E-state index >= 15 is 0 Å². The maximum atomic E-state index is 12.0. The van der Waals surface area contributed by atoms with Gasteiger partial charge in [0.15, 0.2) is 0 Å². The summed E-state index contributed by atoms with van der Waals surface area (Å²) < 4.78 is 5.11. The Morgan fingerprint density at radius 2 is 2.11 bits per heavy atom. The van der Waals surface area contributed by atoms with Crippen LogP contribution in [0, 0.1) is 5.41 Å². The number of hydrogen-bond donors (Lipinski definition) is 1. The molecule has 19 heavy (non-hydrogen) atoms. The Hall–Kier alpha value is -1.03. The molecule has 0 aliphatic rings. The van der Waals surface area contributed by atoms with E-state index in [4.69, 9.17) is 4.74 Å². The second-order valence-electron chi connectivity index (χ2n) is 5.80. The van der Waals surface area contributed by atoms with Crippen molar-refractivity contribution in [3.8, 4) is 5.75 Å². The van der Waals surface area contributed by atoms with Crippen molar-refractivity contribution < 1.29 is 9.53 Å². The Bertz CT molecular complexity index is 426. The van der Waals surface area contributed by atoms with Crippen molar-refractivity contribution in [3.05, 3.63) is 29.8 Å². The fraction of sp³-hybridized carbons (Fsp3) is 0.533. The molecule has 106 valence electrons. The smallest absolute Gasteiger partial charge is 0.251 e. The summed E-state index contributed by atoms with van der Waals surface area (Å²) in [6, 6.07) is 7.16. The fourth-order valence-electron chi connectivity index (χ4n) is 1.81. The maximum absolute atomic E-state index is 12.0. The second-order valence-corrected chi connectivity index (χ2v) is 7.10. The van der Waals surface area contributed by atoms with Crippen LogP contribution in [0.15, 0.2) is 24.3 Å². The van der Waals surface area contributed by atoms with Gasteiger partial charge in [0, 0.05) is 16.9 Å². The van der Waals surface area contributed by atoms with Crippen LogP contribution in [-0.4, -0.2) is 24.4 Å². The van der Waals surface area contributed by atoms with E-state index in [1.807, 2.05) is 12.1 Å². The molecule has 0 aromatic heterocycles. The van der Waals surface area contributed by atoms with E-state index in [1.165, 1.54) is 0 Å². The van der Waals surface area contributed by atoms with Crippen molar-refractivity contribution in [2.24, 2.45) is 5.41 Å². The number of rotatable bonds is 5. The molecule has 0 saturated heterocycles. The van der Waals surface area contributed by atoms with Crippen molar-refractivity contribution in [3.63, 3.8) is 0 Å². The first kappa shape index (κ1) is 16.0. The third kappa shape index (κ3) is 6.10. The summed E-state index contributed by atoms with van der Waals surface area (Å²) in [5.41, 5.74) is 0.865. The lowest BCUT2D eigenvalue weighted by molar-refractivity contribution is 0.0952. The zero-order valence-corrected chi connectivity index (χ0v) is 13.6. The first-order valence-corrected chi connectivity index (χ1v) is 7.30. The van der Waals surface area contributed by atoms with Crippen molar-refractivity contribution >= 4 is 21.8 Å². The highest BCUT2D eigenvalue weighted by atomic mass is 79.9. The zero-order valence-electron chi connectivity index (χ0n) is 12.0. The van der Waals surface area contributed by atoms with E-state index in [1.54, 1.807) is 19.2 Å². The second kappa shape index (κ2) is 6.94. The van der Waals surface area contributed by atoms with Crippen molar-refractivity contribution in [2.45, 2.75) is 32.0 Å². The van der Waals surface area contributed by atoms with Gasteiger partial charge in [-0.05, 0) is 30.0 Å². The molecule has 1 aromatic carbocycles. The Morgan fingerprint density at radius 3 is 2.68 bits per heavy atom. The van der Waals surface area contributed by atoms with Gasteiger partial charge in [0.25, 0.3) is 5.91 Å². The summed E-state index contributed by atoms with van der Waals surface area (Å²) in [5, 5.41) is 2.93. The third-order valence-corrected chi connectivity index (χ3v) is 3.30. The molecule has 0 fully saturated rings. The molecule has 1 amide bonds. The highest BCUT2D eigenvalue weighted by molar-refractivity contribution is 9.09. The number of benzene rings is 1. The van der Waals surface area contributed by atoms with Gasteiger partial charge in [0.2, 0.25) is 0 Å². The van der Waals surface area contributed by atoms with Crippen LogP contribution in [0.2, 0.25) is 0 Å². The molecule has 1 N–H and O–H groups in total. The summed E-state index contributed by atoms with van der Waals surface area (Å²) in [5.74, 6) is 0.620. The van der Waals surface area contributed by atoms with Gasteiger partial charge >= 0.3 is 0 Å². The highest BCUT2D eigenvalue weighted by Gasteiger charge is 2.17. The number of carbonyl (C=O) groups excluding carboxylic acids is 1. The Balaban J connectivity index is 2.51. The topological polar surface area (TPSA) is 38.3 Å². The minimum Gasteiger partial charge on any atom is -0.497 e. The Labute approximate surface area is 123 Å². The molecule has 3 nitrogen and oxygen atoms in total. The molecule has 1 rings (SSSR count). The predicted octanol–water partition coefficient (Wildman–Crippen LogP) is 3.62. The van der Waals surface area contributed by atoms with Crippen LogP contribution < -0.4 is 10.1 Å². The molecule has 1 unspecified atom stereocenters. The number of alkyl halides is 1. The van der Waals surface area contributed by atoms with Crippen LogP contribution in [0.3, 0.4) is 0 Å². The Morgan fingerprint density at radius 1 is 1.42 bits per heavy atom. The van der Waals surface area contributed by atoms with Crippen LogP contribution in [0.4, 0.5) is 0 Å². The van der Waals surface area contributed by atoms with Gasteiger partial charge in [-0.25, -0.2) is 0 Å². The third-order valence-electron chi connectivity index (χ3n) is 2.65. The van der Waals surface area contributed by atoms with Crippen LogP contribution in [0.1, 0.15) is 37.6 Å². The minimum atomic E-state index is -0.0720. The van der Waals surface area contributed by atoms with E-state index in [0.29, 0.717) is 17.9 Å². The van der Waals surface area contributed by atoms with Crippen LogP contribution >= 0.6 is 15.9 Å². The summed E-state index contributed by atoms with van der Waals surface area (Å²) in [7, 11) is 1.59. The largest absolute Gasteiger partial charge is 0.497 e. The van der Waals surface area contributed by atoms with Gasteiger partial charge in [0.1, 0.15) is 5.75 Å². The molecule has 0 radical (unpaired) electrons. The Kier molecular flexibility index (Phi) is 5.85. The molecular weight excluding hydrogens is 306 g/mol. The van der Waals surface area contributed by atoms with Gasteiger partial charge in [-0.15, -0.1) is 0 Å². The summed E-state index contributed by atoms with van der Waals surface area (Å²) >= 11 is 3.60. The molecule has 0 saturated carbocycles. The molecule has 0 aliphatic heterocycles. The number of nitrogens with one attached hydrogen (secondary N) is 1. The maximum Gasteiger partial charge on any atom is 0.251 e. The van der Waals surface area contributed by atoms with Crippen LogP contribution in [0.5, 0.6) is 5.75 Å². The molecule has 4 heteroatoms. The highest BCUT2D eigenvalue weighted by Crippen LogP contribution is 2.24. The van der Waals surface area contributed by atoms with Crippen molar-refractivity contribution in [1.82, 2.24) is 5.32 Å². The van der Waals surface area contributed by atoms with Crippen LogP contribution in [0.25, 0.3) is 0 Å². The molecule has 0 bridgehead atoms. The molecule has 0 spiro atoms. The van der Waals surface area contributed by atoms with Gasteiger partial charge in [-0.2, -0.15) is 0 Å². The normalized spacial score (nSPS) is 12.9. The number of amides is 1. The van der Waals surface area contributed by atoms with Gasteiger partial charge < -0.3 is 10.1 Å². The van der Waals surface area contributed by atoms with E-state index in [0.717, 1.165) is 6.42 Å². The summed E-state index contributed by atoms with van der Waals surface area (Å²) in [6.07, 6.45) is 1.01. The average molecular weight is 328 g/mol. The van der Waals surface area contributed by atoms with E-state index in [9.17, 15) is 4.79 Å². The SMILES string of the molecule is COc1cccc(C(=O)NCC(Br)CC(C)(C)C)c1. The number of ether oxygens (including phenoxy) is 1.